The lowest BCUT2D eigenvalue weighted by Gasteiger charge is -2.06. The zero-order chi connectivity index (χ0) is 10.0. The molecule has 0 aromatic carbocycles. The van der Waals surface area contributed by atoms with Gasteiger partial charge >= 0.3 is 0 Å². The highest BCUT2D eigenvalue weighted by molar-refractivity contribution is 9.10. The molecule has 1 heterocycles. The van der Waals surface area contributed by atoms with Gasteiger partial charge in [-0.3, -0.25) is 0 Å². The number of rotatable bonds is 2. The number of alkyl halides is 3. The Bertz CT molecular complexity index is 320. The third-order valence-electron chi connectivity index (χ3n) is 1.42. The van der Waals surface area contributed by atoms with Gasteiger partial charge in [-0.1, -0.05) is 15.9 Å². The third kappa shape index (κ3) is 2.37. The average molecular weight is 317 g/mol. The molecule has 72 valence electrons. The second kappa shape index (κ2) is 4.32. The van der Waals surface area contributed by atoms with Crippen LogP contribution in [-0.4, -0.2) is 10.1 Å². The average Bonchev–Trinajstić information content (AvgIpc) is 2.07. The summed E-state index contributed by atoms with van der Waals surface area (Å²) in [6, 6.07) is 1.01. The van der Waals surface area contributed by atoms with Gasteiger partial charge in [-0.05, 0) is 22.0 Å². The van der Waals surface area contributed by atoms with E-state index in [1.165, 1.54) is 0 Å². The predicted molar refractivity (Wildman–Crippen MR) is 51.2 cm³/mol. The molecule has 6 heteroatoms. The molecular formula is C7H5Br2F2NO. The van der Waals surface area contributed by atoms with Crippen LogP contribution in [0.1, 0.15) is 17.7 Å². The summed E-state index contributed by atoms with van der Waals surface area (Å²) in [5.41, 5.74) is 0.0264. The first-order chi connectivity index (χ1) is 6.06. The van der Waals surface area contributed by atoms with E-state index in [9.17, 15) is 13.9 Å². The van der Waals surface area contributed by atoms with Crippen LogP contribution in [0.25, 0.3) is 0 Å². The van der Waals surface area contributed by atoms with Crippen molar-refractivity contribution in [2.45, 2.75) is 11.8 Å². The molecule has 13 heavy (non-hydrogen) atoms. The van der Waals surface area contributed by atoms with Crippen molar-refractivity contribution in [3.8, 4) is 5.75 Å². The van der Waals surface area contributed by atoms with Crippen LogP contribution < -0.4 is 0 Å². The Morgan fingerprint density at radius 2 is 2.15 bits per heavy atom. The largest absolute Gasteiger partial charge is 0.506 e. The fourth-order valence-electron chi connectivity index (χ4n) is 0.782. The SMILES string of the molecule is Oc1cc(C(F)F)c(Br)nc1CBr. The zero-order valence-corrected chi connectivity index (χ0v) is 9.44. The van der Waals surface area contributed by atoms with Gasteiger partial charge in [-0.2, -0.15) is 0 Å². The van der Waals surface area contributed by atoms with E-state index in [4.69, 9.17) is 0 Å². The van der Waals surface area contributed by atoms with Crippen LogP contribution in [0, 0.1) is 0 Å². The Morgan fingerprint density at radius 3 is 2.62 bits per heavy atom. The molecule has 2 nitrogen and oxygen atoms in total. The fraction of sp³-hybridized carbons (Fsp3) is 0.286. The molecule has 0 amide bonds. The van der Waals surface area contributed by atoms with E-state index in [1.54, 1.807) is 0 Å². The molecule has 0 spiro atoms. The Balaban J connectivity index is 3.20. The Kier molecular flexibility index (Phi) is 3.61. The van der Waals surface area contributed by atoms with Gasteiger partial charge in [0.05, 0.1) is 11.3 Å². The van der Waals surface area contributed by atoms with E-state index in [0.29, 0.717) is 11.0 Å². The first-order valence-corrected chi connectivity index (χ1v) is 5.20. The number of halogens is 4. The van der Waals surface area contributed by atoms with Crippen LogP contribution in [0.2, 0.25) is 0 Å². The topological polar surface area (TPSA) is 33.1 Å². The van der Waals surface area contributed by atoms with E-state index in [1.807, 2.05) is 0 Å². The van der Waals surface area contributed by atoms with Crippen LogP contribution in [-0.2, 0) is 5.33 Å². The highest BCUT2D eigenvalue weighted by atomic mass is 79.9. The summed E-state index contributed by atoms with van der Waals surface area (Å²) in [7, 11) is 0. The van der Waals surface area contributed by atoms with Gasteiger partial charge in [-0.25, -0.2) is 13.8 Å². The van der Waals surface area contributed by atoms with Crippen LogP contribution in [0.5, 0.6) is 5.75 Å². The van der Waals surface area contributed by atoms with Crippen LogP contribution in [0.4, 0.5) is 8.78 Å². The second-order valence-corrected chi connectivity index (χ2v) is 3.58. The van der Waals surface area contributed by atoms with Crippen molar-refractivity contribution in [3.05, 3.63) is 21.9 Å². The standard InChI is InChI=1S/C7H5Br2F2NO/c8-2-4-5(13)1-3(7(10)11)6(9)12-4/h1,7,13H,2H2. The van der Waals surface area contributed by atoms with E-state index in [0.717, 1.165) is 6.07 Å². The number of pyridine rings is 1. The quantitative estimate of drug-likeness (QED) is 0.670. The summed E-state index contributed by atoms with van der Waals surface area (Å²) in [4.78, 5) is 3.75. The first-order valence-electron chi connectivity index (χ1n) is 3.28. The molecule has 1 aromatic rings. The molecule has 0 saturated heterocycles. The molecular weight excluding hydrogens is 312 g/mol. The number of aromatic nitrogens is 1. The van der Waals surface area contributed by atoms with Crippen molar-refractivity contribution in [1.29, 1.82) is 0 Å². The van der Waals surface area contributed by atoms with E-state index >= 15 is 0 Å². The molecule has 0 fully saturated rings. The Labute approximate surface area is 90.2 Å². The first kappa shape index (κ1) is 10.8. The maximum Gasteiger partial charge on any atom is 0.266 e. The molecule has 0 saturated carbocycles. The van der Waals surface area contributed by atoms with Crippen LogP contribution in [0.15, 0.2) is 10.7 Å². The minimum atomic E-state index is -2.64. The highest BCUT2D eigenvalue weighted by Gasteiger charge is 2.15. The molecule has 1 aromatic heterocycles. The predicted octanol–water partition coefficient (Wildman–Crippen LogP) is 3.38. The lowest BCUT2D eigenvalue weighted by Crippen LogP contribution is -1.94. The van der Waals surface area contributed by atoms with Crippen molar-refractivity contribution in [2.75, 3.05) is 0 Å². The molecule has 0 aliphatic carbocycles. The van der Waals surface area contributed by atoms with Crippen molar-refractivity contribution >= 4 is 31.9 Å². The van der Waals surface area contributed by atoms with E-state index < -0.39 is 6.43 Å². The van der Waals surface area contributed by atoms with Gasteiger partial charge < -0.3 is 5.11 Å². The third-order valence-corrected chi connectivity index (χ3v) is 2.59. The van der Waals surface area contributed by atoms with Crippen LogP contribution >= 0.6 is 31.9 Å². The highest BCUT2D eigenvalue weighted by Crippen LogP contribution is 2.31. The molecule has 0 bridgehead atoms. The molecule has 0 aliphatic heterocycles. The molecule has 0 radical (unpaired) electrons. The van der Waals surface area contributed by atoms with E-state index in [2.05, 4.69) is 36.8 Å². The van der Waals surface area contributed by atoms with Gasteiger partial charge in [0.2, 0.25) is 0 Å². The van der Waals surface area contributed by atoms with Crippen molar-refractivity contribution in [3.63, 3.8) is 0 Å². The lowest BCUT2D eigenvalue weighted by molar-refractivity contribution is 0.149. The molecule has 0 aliphatic rings. The molecule has 1 rings (SSSR count). The van der Waals surface area contributed by atoms with Gasteiger partial charge in [0.25, 0.3) is 6.43 Å². The van der Waals surface area contributed by atoms with Gasteiger partial charge in [0, 0.05) is 5.33 Å². The van der Waals surface area contributed by atoms with Gasteiger partial charge in [0.1, 0.15) is 10.4 Å². The van der Waals surface area contributed by atoms with E-state index in [-0.39, 0.29) is 15.9 Å². The summed E-state index contributed by atoms with van der Waals surface area (Å²) in [6.07, 6.45) is -2.64. The number of hydrogen-bond donors (Lipinski definition) is 1. The normalized spacial score (nSPS) is 10.8. The Hall–Kier alpha value is -0.230. The number of hydrogen-bond acceptors (Lipinski definition) is 2. The molecule has 1 N–H and O–H groups in total. The maximum atomic E-state index is 12.3. The smallest absolute Gasteiger partial charge is 0.266 e. The monoisotopic (exact) mass is 315 g/mol. The Morgan fingerprint density at radius 1 is 1.54 bits per heavy atom. The lowest BCUT2D eigenvalue weighted by atomic mass is 10.2. The van der Waals surface area contributed by atoms with Crippen LogP contribution in [0.3, 0.4) is 0 Å². The summed E-state index contributed by atoms with van der Waals surface area (Å²) >= 11 is 5.97. The van der Waals surface area contributed by atoms with Gasteiger partial charge in [-0.15, -0.1) is 0 Å². The molecule has 0 unspecified atom stereocenters. The number of aromatic hydroxyl groups is 1. The fourth-order valence-corrected chi connectivity index (χ4v) is 1.70. The van der Waals surface area contributed by atoms with Crippen molar-refractivity contribution in [1.82, 2.24) is 4.98 Å². The molecule has 0 atom stereocenters. The minimum Gasteiger partial charge on any atom is -0.506 e. The summed E-state index contributed by atoms with van der Waals surface area (Å²) in [6.45, 7) is 0. The summed E-state index contributed by atoms with van der Waals surface area (Å²) in [5, 5.41) is 9.54. The number of nitrogens with zero attached hydrogens (tertiary/aromatic N) is 1. The minimum absolute atomic E-state index is 0.0646. The van der Waals surface area contributed by atoms with Crippen molar-refractivity contribution < 1.29 is 13.9 Å². The summed E-state index contributed by atoms with van der Waals surface area (Å²) in [5.74, 6) is -0.227. The van der Waals surface area contributed by atoms with Gasteiger partial charge in [0.15, 0.2) is 0 Å². The maximum absolute atomic E-state index is 12.3. The van der Waals surface area contributed by atoms with Crippen molar-refractivity contribution in [2.24, 2.45) is 0 Å². The summed E-state index contributed by atoms with van der Waals surface area (Å²) < 4.78 is 24.6. The zero-order valence-electron chi connectivity index (χ0n) is 6.27. The second-order valence-electron chi connectivity index (χ2n) is 2.27.